The second kappa shape index (κ2) is 5.83. The number of aromatic amines is 1. The smallest absolute Gasteiger partial charge is 0.251 e. The Morgan fingerprint density at radius 2 is 2.00 bits per heavy atom. The van der Waals surface area contributed by atoms with Crippen molar-refractivity contribution >= 4 is 0 Å². The molecule has 0 amide bonds. The number of nitrogens with zero attached hydrogens (tertiary/aromatic N) is 1. The van der Waals surface area contributed by atoms with E-state index in [1.54, 1.807) is 6.07 Å². The Bertz CT molecular complexity index is 614. The first kappa shape index (κ1) is 13.5. The molecule has 0 bridgehead atoms. The number of aromatic nitrogens is 2. The lowest BCUT2D eigenvalue weighted by Gasteiger charge is -2.08. The van der Waals surface area contributed by atoms with Crippen LogP contribution in [-0.4, -0.2) is 9.97 Å². The molecule has 0 saturated heterocycles. The SMILES string of the molecule is Cc1ccccc1Cc1nc(CC(C)C)cc(=O)[nH]1. The summed E-state index contributed by atoms with van der Waals surface area (Å²) in [6, 6.07) is 9.78. The lowest BCUT2D eigenvalue weighted by molar-refractivity contribution is 0.629. The van der Waals surface area contributed by atoms with Crippen molar-refractivity contribution in [2.75, 3.05) is 0 Å². The first-order chi connectivity index (χ1) is 9.04. The maximum Gasteiger partial charge on any atom is 0.251 e. The topological polar surface area (TPSA) is 45.8 Å². The van der Waals surface area contributed by atoms with Gasteiger partial charge in [-0.05, 0) is 30.4 Å². The number of aryl methyl sites for hydroxylation is 1. The second-order valence-corrected chi connectivity index (χ2v) is 5.38. The first-order valence-electron chi connectivity index (χ1n) is 6.68. The molecule has 0 saturated carbocycles. The van der Waals surface area contributed by atoms with E-state index in [4.69, 9.17) is 0 Å². The van der Waals surface area contributed by atoms with Crippen LogP contribution in [0.5, 0.6) is 0 Å². The highest BCUT2D eigenvalue weighted by atomic mass is 16.1. The highest BCUT2D eigenvalue weighted by molar-refractivity contribution is 5.28. The molecule has 0 spiro atoms. The fraction of sp³-hybridized carbons (Fsp3) is 0.375. The molecular weight excluding hydrogens is 236 g/mol. The van der Waals surface area contributed by atoms with Crippen molar-refractivity contribution in [2.45, 2.75) is 33.6 Å². The summed E-state index contributed by atoms with van der Waals surface area (Å²) in [4.78, 5) is 19.1. The fourth-order valence-electron chi connectivity index (χ4n) is 2.16. The van der Waals surface area contributed by atoms with Crippen LogP contribution in [0.1, 0.15) is 36.5 Å². The van der Waals surface area contributed by atoms with E-state index in [1.165, 1.54) is 11.1 Å². The number of hydrogen-bond acceptors (Lipinski definition) is 2. The van der Waals surface area contributed by atoms with Crippen molar-refractivity contribution in [2.24, 2.45) is 5.92 Å². The van der Waals surface area contributed by atoms with E-state index in [0.29, 0.717) is 12.3 Å². The Balaban J connectivity index is 2.28. The average Bonchev–Trinajstić information content (AvgIpc) is 2.30. The zero-order valence-electron chi connectivity index (χ0n) is 11.7. The van der Waals surface area contributed by atoms with Gasteiger partial charge in [-0.15, -0.1) is 0 Å². The Morgan fingerprint density at radius 1 is 1.26 bits per heavy atom. The molecule has 1 heterocycles. The van der Waals surface area contributed by atoms with Gasteiger partial charge in [0, 0.05) is 18.2 Å². The Labute approximate surface area is 113 Å². The number of hydrogen-bond donors (Lipinski definition) is 1. The van der Waals surface area contributed by atoms with Gasteiger partial charge in [-0.25, -0.2) is 4.98 Å². The molecule has 2 aromatic rings. The van der Waals surface area contributed by atoms with Crippen molar-refractivity contribution in [1.82, 2.24) is 9.97 Å². The minimum absolute atomic E-state index is 0.0609. The largest absolute Gasteiger partial charge is 0.310 e. The first-order valence-corrected chi connectivity index (χ1v) is 6.68. The Hall–Kier alpha value is -1.90. The molecule has 100 valence electrons. The molecular formula is C16H20N2O. The van der Waals surface area contributed by atoms with Gasteiger partial charge in [-0.3, -0.25) is 4.79 Å². The monoisotopic (exact) mass is 256 g/mol. The van der Waals surface area contributed by atoms with E-state index in [9.17, 15) is 4.79 Å². The van der Waals surface area contributed by atoms with Gasteiger partial charge in [0.05, 0.1) is 0 Å². The summed E-state index contributed by atoms with van der Waals surface area (Å²) in [6.07, 6.45) is 1.51. The van der Waals surface area contributed by atoms with Gasteiger partial charge in [0.1, 0.15) is 5.82 Å². The molecule has 3 heteroatoms. The minimum Gasteiger partial charge on any atom is -0.310 e. The molecule has 19 heavy (non-hydrogen) atoms. The van der Waals surface area contributed by atoms with Crippen LogP contribution in [0, 0.1) is 12.8 Å². The number of benzene rings is 1. The van der Waals surface area contributed by atoms with E-state index in [2.05, 4.69) is 42.9 Å². The second-order valence-electron chi connectivity index (χ2n) is 5.38. The fourth-order valence-corrected chi connectivity index (χ4v) is 2.16. The van der Waals surface area contributed by atoms with Crippen LogP contribution in [0.2, 0.25) is 0 Å². The van der Waals surface area contributed by atoms with Crippen molar-refractivity contribution in [1.29, 1.82) is 0 Å². The van der Waals surface area contributed by atoms with E-state index < -0.39 is 0 Å². The van der Waals surface area contributed by atoms with Gasteiger partial charge >= 0.3 is 0 Å². The highest BCUT2D eigenvalue weighted by Crippen LogP contribution is 2.11. The van der Waals surface area contributed by atoms with Gasteiger partial charge in [0.15, 0.2) is 0 Å². The number of nitrogens with one attached hydrogen (secondary N) is 1. The standard InChI is InChI=1S/C16H20N2O/c1-11(2)8-14-10-16(19)18-15(17-14)9-13-7-5-4-6-12(13)3/h4-7,10-11H,8-9H2,1-3H3,(H,17,18,19). The van der Waals surface area contributed by atoms with Gasteiger partial charge < -0.3 is 4.98 Å². The molecule has 0 fully saturated rings. The molecule has 1 aromatic carbocycles. The van der Waals surface area contributed by atoms with Crippen molar-refractivity contribution in [3.63, 3.8) is 0 Å². The molecule has 0 radical (unpaired) electrons. The molecule has 0 aliphatic rings. The summed E-state index contributed by atoms with van der Waals surface area (Å²) in [5.74, 6) is 1.25. The van der Waals surface area contributed by atoms with Crippen LogP contribution in [0.4, 0.5) is 0 Å². The predicted octanol–water partition coefficient (Wildman–Crippen LogP) is 2.87. The van der Waals surface area contributed by atoms with Crippen LogP contribution in [-0.2, 0) is 12.8 Å². The Morgan fingerprint density at radius 3 is 2.68 bits per heavy atom. The molecule has 0 aliphatic heterocycles. The summed E-state index contributed by atoms with van der Waals surface area (Å²) in [7, 11) is 0. The van der Waals surface area contributed by atoms with Crippen molar-refractivity contribution in [3.8, 4) is 0 Å². The van der Waals surface area contributed by atoms with Crippen molar-refractivity contribution in [3.05, 3.63) is 63.3 Å². The highest BCUT2D eigenvalue weighted by Gasteiger charge is 2.06. The zero-order chi connectivity index (χ0) is 13.8. The molecule has 0 atom stereocenters. The third-order valence-electron chi connectivity index (χ3n) is 3.08. The Kier molecular flexibility index (Phi) is 4.15. The van der Waals surface area contributed by atoms with Crippen LogP contribution in [0.25, 0.3) is 0 Å². The summed E-state index contributed by atoms with van der Waals surface area (Å²) >= 11 is 0. The van der Waals surface area contributed by atoms with Gasteiger partial charge in [0.2, 0.25) is 0 Å². The van der Waals surface area contributed by atoms with Crippen molar-refractivity contribution < 1.29 is 0 Å². The van der Waals surface area contributed by atoms with Crippen LogP contribution in [0.3, 0.4) is 0 Å². The maximum absolute atomic E-state index is 11.7. The van der Waals surface area contributed by atoms with E-state index >= 15 is 0 Å². The van der Waals surface area contributed by atoms with Gasteiger partial charge in [0.25, 0.3) is 5.56 Å². The van der Waals surface area contributed by atoms with E-state index in [1.807, 2.05) is 12.1 Å². The number of H-pyrrole nitrogens is 1. The normalized spacial score (nSPS) is 10.9. The van der Waals surface area contributed by atoms with Crippen LogP contribution in [0.15, 0.2) is 35.1 Å². The van der Waals surface area contributed by atoms with E-state index in [0.717, 1.165) is 17.9 Å². The van der Waals surface area contributed by atoms with Crippen LogP contribution < -0.4 is 5.56 Å². The molecule has 3 nitrogen and oxygen atoms in total. The van der Waals surface area contributed by atoms with E-state index in [-0.39, 0.29) is 5.56 Å². The lowest BCUT2D eigenvalue weighted by Crippen LogP contribution is -2.14. The zero-order valence-corrected chi connectivity index (χ0v) is 11.7. The van der Waals surface area contributed by atoms with Gasteiger partial charge in [-0.2, -0.15) is 0 Å². The summed E-state index contributed by atoms with van der Waals surface area (Å²) in [6.45, 7) is 6.33. The summed E-state index contributed by atoms with van der Waals surface area (Å²) < 4.78 is 0. The minimum atomic E-state index is -0.0609. The lowest BCUT2D eigenvalue weighted by atomic mass is 10.1. The average molecular weight is 256 g/mol. The quantitative estimate of drug-likeness (QED) is 0.914. The maximum atomic E-state index is 11.7. The summed E-state index contributed by atoms with van der Waals surface area (Å²) in [5.41, 5.74) is 3.24. The molecule has 1 N–H and O–H groups in total. The molecule has 2 rings (SSSR count). The van der Waals surface area contributed by atoms with Crippen LogP contribution >= 0.6 is 0 Å². The van der Waals surface area contributed by atoms with Gasteiger partial charge in [-0.1, -0.05) is 38.1 Å². The molecule has 0 aliphatic carbocycles. The summed E-state index contributed by atoms with van der Waals surface area (Å²) in [5, 5.41) is 0. The third-order valence-corrected chi connectivity index (χ3v) is 3.08. The molecule has 0 unspecified atom stereocenters. The molecule has 1 aromatic heterocycles. The number of rotatable bonds is 4. The third kappa shape index (κ3) is 3.78. The predicted molar refractivity (Wildman–Crippen MR) is 77.4 cm³/mol.